The lowest BCUT2D eigenvalue weighted by Gasteiger charge is -1.85. The molecule has 0 nitrogen and oxygen atoms in total. The SMILES string of the molecule is [CH2]CSCCCl. The number of rotatable bonds is 3. The normalized spacial score (nSPS) is 9.00. The summed E-state index contributed by atoms with van der Waals surface area (Å²) in [5.41, 5.74) is 0. The molecule has 0 aliphatic heterocycles. The highest BCUT2D eigenvalue weighted by Gasteiger charge is 1.76. The standard InChI is InChI=1S/C4H8ClS/c1-2-6-4-3-5/h1-4H2. The van der Waals surface area contributed by atoms with E-state index in [1.54, 1.807) is 11.8 Å². The molecule has 0 aromatic heterocycles. The minimum atomic E-state index is 0.750. The molecule has 0 fully saturated rings. The third kappa shape index (κ3) is 4.64. The van der Waals surface area contributed by atoms with Crippen molar-refractivity contribution < 1.29 is 0 Å². The molecule has 37 valence electrons. The monoisotopic (exact) mass is 123 g/mol. The number of alkyl halides is 1. The fraction of sp³-hybridized carbons (Fsp3) is 0.750. The lowest BCUT2D eigenvalue weighted by atomic mass is 11.0. The van der Waals surface area contributed by atoms with E-state index in [9.17, 15) is 0 Å². The molecule has 0 aromatic rings. The lowest BCUT2D eigenvalue weighted by molar-refractivity contribution is 1.53. The highest BCUT2D eigenvalue weighted by atomic mass is 35.5. The molecular formula is C4H8ClS. The van der Waals surface area contributed by atoms with Gasteiger partial charge in [-0.05, 0) is 12.7 Å². The molecule has 0 saturated carbocycles. The summed E-state index contributed by atoms with van der Waals surface area (Å²) >= 11 is 7.10. The van der Waals surface area contributed by atoms with Crippen molar-refractivity contribution in [2.75, 3.05) is 17.4 Å². The van der Waals surface area contributed by atoms with Gasteiger partial charge in [0, 0.05) is 11.6 Å². The van der Waals surface area contributed by atoms with Crippen LogP contribution in [0.25, 0.3) is 0 Å². The van der Waals surface area contributed by atoms with E-state index >= 15 is 0 Å². The number of hydrogen-bond donors (Lipinski definition) is 0. The molecule has 0 heterocycles. The third-order valence-electron chi connectivity index (χ3n) is 0.366. The molecule has 0 aliphatic carbocycles. The van der Waals surface area contributed by atoms with Crippen molar-refractivity contribution in [2.45, 2.75) is 0 Å². The Morgan fingerprint density at radius 3 is 2.50 bits per heavy atom. The van der Waals surface area contributed by atoms with Crippen LogP contribution in [0, 0.1) is 6.92 Å². The van der Waals surface area contributed by atoms with E-state index in [1.165, 1.54) is 0 Å². The quantitative estimate of drug-likeness (QED) is 0.407. The Morgan fingerprint density at radius 2 is 2.33 bits per heavy atom. The molecule has 1 radical (unpaired) electrons. The second-order valence-electron chi connectivity index (χ2n) is 0.801. The average Bonchev–Trinajstić information content (AvgIpc) is 1.61. The van der Waals surface area contributed by atoms with Crippen molar-refractivity contribution in [3.05, 3.63) is 6.92 Å². The summed E-state index contributed by atoms with van der Waals surface area (Å²) < 4.78 is 0. The van der Waals surface area contributed by atoms with Crippen molar-refractivity contribution in [2.24, 2.45) is 0 Å². The maximum absolute atomic E-state index is 5.33. The van der Waals surface area contributed by atoms with Crippen molar-refractivity contribution in [3.63, 3.8) is 0 Å². The molecule has 0 spiro atoms. The smallest absolute Gasteiger partial charge is 0.0314 e. The number of thioether (sulfide) groups is 1. The van der Waals surface area contributed by atoms with E-state index in [0.29, 0.717) is 0 Å². The van der Waals surface area contributed by atoms with Crippen LogP contribution >= 0.6 is 23.4 Å². The number of halogens is 1. The van der Waals surface area contributed by atoms with Gasteiger partial charge in [0.1, 0.15) is 0 Å². The average molecular weight is 124 g/mol. The van der Waals surface area contributed by atoms with Gasteiger partial charge in [-0.15, -0.1) is 11.6 Å². The molecule has 2 heteroatoms. The topological polar surface area (TPSA) is 0 Å². The Bertz CT molecular complexity index is 19.5. The molecule has 0 unspecified atom stereocenters. The summed E-state index contributed by atoms with van der Waals surface area (Å²) in [7, 11) is 0. The van der Waals surface area contributed by atoms with Crippen LogP contribution in [0.4, 0.5) is 0 Å². The van der Waals surface area contributed by atoms with Crippen LogP contribution in [-0.4, -0.2) is 17.4 Å². The summed E-state index contributed by atoms with van der Waals surface area (Å²) in [5, 5.41) is 0. The molecular weight excluding hydrogens is 116 g/mol. The zero-order valence-corrected chi connectivity index (χ0v) is 5.19. The first-order valence-electron chi connectivity index (χ1n) is 1.84. The molecule has 0 saturated heterocycles. The largest absolute Gasteiger partial charge is 0.161 e. The van der Waals surface area contributed by atoms with E-state index in [4.69, 9.17) is 11.6 Å². The highest BCUT2D eigenvalue weighted by Crippen LogP contribution is 1.96. The maximum Gasteiger partial charge on any atom is 0.0314 e. The first kappa shape index (κ1) is 6.64. The zero-order valence-electron chi connectivity index (χ0n) is 3.61. The van der Waals surface area contributed by atoms with Crippen LogP contribution in [0.2, 0.25) is 0 Å². The second kappa shape index (κ2) is 5.64. The van der Waals surface area contributed by atoms with Gasteiger partial charge in [-0.2, -0.15) is 11.8 Å². The van der Waals surface area contributed by atoms with Crippen LogP contribution in [0.1, 0.15) is 0 Å². The van der Waals surface area contributed by atoms with Gasteiger partial charge >= 0.3 is 0 Å². The van der Waals surface area contributed by atoms with Crippen molar-refractivity contribution in [1.82, 2.24) is 0 Å². The van der Waals surface area contributed by atoms with Gasteiger partial charge in [0.05, 0.1) is 0 Å². The Kier molecular flexibility index (Phi) is 6.24. The van der Waals surface area contributed by atoms with Crippen molar-refractivity contribution in [1.29, 1.82) is 0 Å². The van der Waals surface area contributed by atoms with Crippen LogP contribution < -0.4 is 0 Å². The van der Waals surface area contributed by atoms with E-state index in [1.807, 2.05) is 0 Å². The van der Waals surface area contributed by atoms with Gasteiger partial charge in [0.25, 0.3) is 0 Å². The van der Waals surface area contributed by atoms with Gasteiger partial charge in [0.15, 0.2) is 0 Å². The Hall–Kier alpha value is 0.640. The molecule has 0 amide bonds. The Labute approximate surface area is 48.3 Å². The fourth-order valence-corrected chi connectivity index (χ4v) is 0.797. The Morgan fingerprint density at radius 1 is 1.67 bits per heavy atom. The molecule has 0 rings (SSSR count). The fourth-order valence-electron chi connectivity index (χ4n) is 0.157. The molecule has 0 aliphatic rings. The molecule has 0 atom stereocenters. The summed E-state index contributed by atoms with van der Waals surface area (Å²) in [4.78, 5) is 0. The van der Waals surface area contributed by atoms with E-state index in [0.717, 1.165) is 17.4 Å². The van der Waals surface area contributed by atoms with E-state index in [2.05, 4.69) is 6.92 Å². The molecule has 6 heavy (non-hydrogen) atoms. The minimum absolute atomic E-state index is 0.750. The van der Waals surface area contributed by atoms with Gasteiger partial charge in [-0.3, -0.25) is 0 Å². The number of hydrogen-bond acceptors (Lipinski definition) is 1. The van der Waals surface area contributed by atoms with Crippen molar-refractivity contribution >= 4 is 23.4 Å². The van der Waals surface area contributed by atoms with Gasteiger partial charge in [-0.25, -0.2) is 0 Å². The highest BCUT2D eigenvalue weighted by molar-refractivity contribution is 7.99. The lowest BCUT2D eigenvalue weighted by Crippen LogP contribution is -1.77. The maximum atomic E-state index is 5.33. The zero-order chi connectivity index (χ0) is 4.83. The molecule has 0 aromatic carbocycles. The first-order valence-corrected chi connectivity index (χ1v) is 3.53. The predicted molar refractivity (Wildman–Crippen MR) is 33.4 cm³/mol. The molecule has 0 bridgehead atoms. The van der Waals surface area contributed by atoms with Gasteiger partial charge < -0.3 is 0 Å². The minimum Gasteiger partial charge on any atom is -0.161 e. The van der Waals surface area contributed by atoms with Crippen LogP contribution in [0.15, 0.2) is 0 Å². The second-order valence-corrected chi connectivity index (χ2v) is 2.40. The van der Waals surface area contributed by atoms with Crippen molar-refractivity contribution in [3.8, 4) is 0 Å². The molecule has 0 N–H and O–H groups in total. The predicted octanol–water partition coefficient (Wildman–Crippen LogP) is 1.79. The van der Waals surface area contributed by atoms with Crippen LogP contribution in [-0.2, 0) is 0 Å². The first-order chi connectivity index (χ1) is 2.91. The summed E-state index contributed by atoms with van der Waals surface area (Å²) in [6.45, 7) is 3.63. The van der Waals surface area contributed by atoms with Gasteiger partial charge in [0.2, 0.25) is 0 Å². The van der Waals surface area contributed by atoms with Crippen LogP contribution in [0.3, 0.4) is 0 Å². The van der Waals surface area contributed by atoms with Gasteiger partial charge in [-0.1, -0.05) is 0 Å². The summed E-state index contributed by atoms with van der Waals surface area (Å²) in [5.74, 6) is 2.72. The third-order valence-corrected chi connectivity index (χ3v) is 1.56. The summed E-state index contributed by atoms with van der Waals surface area (Å²) in [6, 6.07) is 0. The van der Waals surface area contributed by atoms with E-state index < -0.39 is 0 Å². The van der Waals surface area contributed by atoms with Crippen LogP contribution in [0.5, 0.6) is 0 Å². The summed E-state index contributed by atoms with van der Waals surface area (Å²) in [6.07, 6.45) is 0. The Balaban J connectivity index is 2.34. The van der Waals surface area contributed by atoms with E-state index in [-0.39, 0.29) is 0 Å².